The van der Waals surface area contributed by atoms with Crippen molar-refractivity contribution in [2.75, 3.05) is 26.7 Å². The van der Waals surface area contributed by atoms with Crippen LogP contribution in [-0.4, -0.2) is 55.8 Å². The third-order valence-electron chi connectivity index (χ3n) is 9.21. The smallest absolute Gasteiger partial charge is 0.255 e. The Kier molecular flexibility index (Phi) is 10.4. The van der Waals surface area contributed by atoms with Crippen LogP contribution in [-0.2, 0) is 16.1 Å². The molecule has 2 N–H and O–H groups in total. The topological polar surface area (TPSA) is 87.7 Å². The maximum atomic E-state index is 13.0. The number of nitrogens with one attached hydrogen (secondary N) is 2. The molecule has 0 aromatic heterocycles. The molecule has 0 saturated heterocycles. The third-order valence-corrected chi connectivity index (χ3v) is 9.21. The van der Waals surface area contributed by atoms with Crippen LogP contribution in [0.15, 0.2) is 18.2 Å². The molecule has 3 aliphatic rings. The molecule has 4 rings (SSSR count). The minimum atomic E-state index is -0.618. The molecule has 1 heterocycles. The second kappa shape index (κ2) is 13.8. The first-order chi connectivity index (χ1) is 18.8. The highest BCUT2D eigenvalue weighted by Crippen LogP contribution is 2.49. The Morgan fingerprint density at radius 1 is 1.15 bits per heavy atom. The van der Waals surface area contributed by atoms with Crippen molar-refractivity contribution in [1.29, 1.82) is 0 Å². The van der Waals surface area contributed by atoms with Crippen LogP contribution in [0.2, 0.25) is 0 Å². The highest BCUT2D eigenvalue weighted by Gasteiger charge is 2.40. The van der Waals surface area contributed by atoms with Crippen LogP contribution in [0.25, 0.3) is 0 Å². The summed E-state index contributed by atoms with van der Waals surface area (Å²) in [6.07, 6.45) is 12.9. The van der Waals surface area contributed by atoms with Crippen molar-refractivity contribution in [3.8, 4) is 5.75 Å². The van der Waals surface area contributed by atoms with Gasteiger partial charge in [-0.2, -0.15) is 0 Å². The van der Waals surface area contributed by atoms with Crippen LogP contribution in [0.3, 0.4) is 0 Å². The average Bonchev–Trinajstić information content (AvgIpc) is 3.24. The molecule has 2 fully saturated rings. The number of hydrogen-bond donors (Lipinski definition) is 2. The van der Waals surface area contributed by atoms with E-state index in [9.17, 15) is 14.4 Å². The molecule has 39 heavy (non-hydrogen) atoms. The fourth-order valence-electron chi connectivity index (χ4n) is 7.56. The second-order valence-electron chi connectivity index (χ2n) is 12.8. The number of unbranched alkanes of at least 4 members (excludes halogenated alkanes) is 3. The van der Waals surface area contributed by atoms with Crippen LogP contribution in [0.4, 0.5) is 0 Å². The van der Waals surface area contributed by atoms with Gasteiger partial charge < -0.3 is 25.1 Å². The molecule has 3 atom stereocenters. The van der Waals surface area contributed by atoms with E-state index in [4.69, 9.17) is 4.74 Å². The quantitative estimate of drug-likeness (QED) is 0.239. The van der Waals surface area contributed by atoms with Gasteiger partial charge in [0.25, 0.3) is 5.91 Å². The van der Waals surface area contributed by atoms with Crippen molar-refractivity contribution in [3.63, 3.8) is 0 Å². The minimum absolute atomic E-state index is 0.138. The Labute approximate surface area is 234 Å². The molecule has 1 aromatic rings. The first kappa shape index (κ1) is 29.6. The van der Waals surface area contributed by atoms with E-state index in [1.54, 1.807) is 18.0 Å². The minimum Gasteiger partial charge on any atom is -0.493 e. The zero-order valence-electron chi connectivity index (χ0n) is 24.3. The van der Waals surface area contributed by atoms with Gasteiger partial charge in [-0.15, -0.1) is 0 Å². The van der Waals surface area contributed by atoms with E-state index >= 15 is 0 Å². The van der Waals surface area contributed by atoms with Gasteiger partial charge in [-0.1, -0.05) is 32.8 Å². The van der Waals surface area contributed by atoms with Gasteiger partial charge >= 0.3 is 0 Å². The number of carbonyl (C=O) groups is 3. The van der Waals surface area contributed by atoms with E-state index in [0.717, 1.165) is 61.3 Å². The van der Waals surface area contributed by atoms with Crippen molar-refractivity contribution >= 4 is 18.1 Å². The summed E-state index contributed by atoms with van der Waals surface area (Å²) in [5.74, 6) is 3.24. The van der Waals surface area contributed by atoms with Crippen LogP contribution >= 0.6 is 0 Å². The number of benzene rings is 1. The molecule has 2 bridgehead atoms. The fraction of sp³-hybridized carbons (Fsp3) is 0.719. The largest absolute Gasteiger partial charge is 0.493 e. The number of carbonyl (C=O) groups excluding carboxylic acids is 3. The predicted molar refractivity (Wildman–Crippen MR) is 154 cm³/mol. The zero-order valence-corrected chi connectivity index (χ0v) is 24.3. The summed E-state index contributed by atoms with van der Waals surface area (Å²) < 4.78 is 6.09. The predicted octanol–water partition coefficient (Wildman–Crippen LogP) is 5.12. The molecule has 2 amide bonds. The molecular formula is C32H49N3O4. The van der Waals surface area contributed by atoms with Gasteiger partial charge in [0.05, 0.1) is 19.2 Å². The maximum Gasteiger partial charge on any atom is 0.255 e. The Morgan fingerprint density at radius 2 is 1.90 bits per heavy atom. The van der Waals surface area contributed by atoms with Crippen LogP contribution < -0.4 is 15.4 Å². The van der Waals surface area contributed by atoms with Gasteiger partial charge in [-0.25, -0.2) is 0 Å². The van der Waals surface area contributed by atoms with Crippen LogP contribution in [0.1, 0.15) is 100 Å². The molecule has 0 radical (unpaired) electrons. The zero-order chi connectivity index (χ0) is 27.8. The second-order valence-corrected chi connectivity index (χ2v) is 12.8. The van der Waals surface area contributed by atoms with Crippen molar-refractivity contribution in [3.05, 3.63) is 29.3 Å². The lowest BCUT2D eigenvalue weighted by atomic mass is 9.59. The molecular weight excluding hydrogens is 490 g/mol. The van der Waals surface area contributed by atoms with E-state index in [1.807, 2.05) is 12.1 Å². The monoisotopic (exact) mass is 539 g/mol. The summed E-state index contributed by atoms with van der Waals surface area (Å²) in [4.78, 5) is 37.8. The van der Waals surface area contributed by atoms with E-state index < -0.39 is 6.04 Å². The normalized spacial score (nSPS) is 26.7. The van der Waals surface area contributed by atoms with E-state index in [2.05, 4.69) is 24.5 Å². The number of nitrogens with zero attached hydrogens (tertiary/aromatic N) is 1. The van der Waals surface area contributed by atoms with Gasteiger partial charge in [-0.05, 0) is 93.2 Å². The number of fused-ring (bicyclic) bond motifs is 3. The lowest BCUT2D eigenvalue weighted by Crippen LogP contribution is -2.42. The molecule has 1 aromatic carbocycles. The number of rotatable bonds is 15. The number of ether oxygens (including phenoxy) is 1. The first-order valence-electron chi connectivity index (χ1n) is 15.2. The number of amides is 2. The van der Waals surface area contributed by atoms with Crippen molar-refractivity contribution in [1.82, 2.24) is 15.5 Å². The van der Waals surface area contributed by atoms with Gasteiger partial charge in [-0.3, -0.25) is 9.59 Å². The molecule has 3 unspecified atom stereocenters. The molecule has 7 heteroatoms. The third kappa shape index (κ3) is 7.84. The van der Waals surface area contributed by atoms with Crippen LogP contribution in [0, 0.1) is 23.2 Å². The molecule has 216 valence electrons. The summed E-state index contributed by atoms with van der Waals surface area (Å²) in [5.41, 5.74) is 1.91. The van der Waals surface area contributed by atoms with Crippen molar-refractivity contribution in [2.45, 2.75) is 97.1 Å². The SMILES string of the molecule is CNC(=O)CCC(C=O)N1Cc2c(OCCCCCCNCC3(C)CC4CC(C)CC(C4)C3)cccc2C1=O. The van der Waals surface area contributed by atoms with Crippen LogP contribution in [0.5, 0.6) is 5.75 Å². The highest BCUT2D eigenvalue weighted by atomic mass is 16.5. The van der Waals surface area contributed by atoms with Gasteiger partial charge in [0.1, 0.15) is 12.0 Å². The fourth-order valence-corrected chi connectivity index (χ4v) is 7.56. The Balaban J connectivity index is 1.12. The maximum absolute atomic E-state index is 13.0. The molecule has 1 aliphatic heterocycles. The molecule has 2 saturated carbocycles. The summed E-state index contributed by atoms with van der Waals surface area (Å²) in [6, 6.07) is 4.91. The Hall–Kier alpha value is -2.41. The standard InChI is InChI=1S/C32H49N3O4/c1-23-15-24-17-25(16-23)19-32(2,18-24)22-34-13-6-4-5-7-14-39-29-10-8-9-27-28(29)20-35(31(27)38)26(21-36)11-12-30(37)33-3/h8-10,21,23-26,34H,4-7,11-20,22H2,1-3H3,(H,33,37). The van der Waals surface area contributed by atoms with Crippen molar-refractivity contribution in [2.24, 2.45) is 23.2 Å². The Morgan fingerprint density at radius 3 is 2.62 bits per heavy atom. The van der Waals surface area contributed by atoms with Gasteiger partial charge in [0.2, 0.25) is 5.91 Å². The molecule has 2 aliphatic carbocycles. The number of aldehydes is 1. The van der Waals surface area contributed by atoms with Gasteiger partial charge in [0, 0.05) is 31.1 Å². The van der Waals surface area contributed by atoms with Crippen molar-refractivity contribution < 1.29 is 19.1 Å². The van der Waals surface area contributed by atoms with Gasteiger partial charge in [0.15, 0.2) is 0 Å². The summed E-state index contributed by atoms with van der Waals surface area (Å²) in [7, 11) is 1.57. The first-order valence-corrected chi connectivity index (χ1v) is 15.2. The van der Waals surface area contributed by atoms with E-state index in [-0.39, 0.29) is 18.2 Å². The highest BCUT2D eigenvalue weighted by molar-refractivity contribution is 6.00. The Bertz CT molecular complexity index is 978. The summed E-state index contributed by atoms with van der Waals surface area (Å²) in [6.45, 7) is 8.14. The molecule has 0 spiro atoms. The average molecular weight is 540 g/mol. The lowest BCUT2D eigenvalue weighted by molar-refractivity contribution is -0.121. The van der Waals surface area contributed by atoms with E-state index in [1.165, 1.54) is 44.9 Å². The molecule has 7 nitrogen and oxygen atoms in total. The summed E-state index contributed by atoms with van der Waals surface area (Å²) >= 11 is 0. The van der Waals surface area contributed by atoms with E-state index in [0.29, 0.717) is 30.6 Å². The summed E-state index contributed by atoms with van der Waals surface area (Å²) in [5, 5.41) is 6.33. The number of hydrogen-bond acceptors (Lipinski definition) is 5. The lowest BCUT2D eigenvalue weighted by Gasteiger charge is -2.47.